The highest BCUT2D eigenvalue weighted by Crippen LogP contribution is 2.39. The molecule has 0 unspecified atom stereocenters. The first kappa shape index (κ1) is 25.6. The van der Waals surface area contributed by atoms with Crippen LogP contribution < -0.4 is 10.6 Å². The molecular weight excluding hydrogens is 521 g/mol. The number of thiophene rings is 1. The number of benzene rings is 2. The first-order valence-electron chi connectivity index (χ1n) is 12.2. The number of rotatable bonds is 8. The first-order chi connectivity index (χ1) is 17.9. The Balaban J connectivity index is 1.27. The number of hydrogen-bond acceptors (Lipinski definition) is 8. The summed E-state index contributed by atoms with van der Waals surface area (Å²) in [6.07, 6.45) is 4.02. The zero-order chi connectivity index (χ0) is 25.9. The number of anilines is 3. The van der Waals surface area contributed by atoms with Crippen molar-refractivity contribution in [1.29, 1.82) is 0 Å². The van der Waals surface area contributed by atoms with Gasteiger partial charge in [-0.1, -0.05) is 65.1 Å². The first-order valence-corrected chi connectivity index (χ1v) is 14.9. The number of nitrogens with one attached hydrogen (secondary N) is 2. The van der Waals surface area contributed by atoms with Crippen molar-refractivity contribution in [3.8, 4) is 0 Å². The third-order valence-electron chi connectivity index (χ3n) is 6.54. The van der Waals surface area contributed by atoms with Crippen molar-refractivity contribution in [1.82, 2.24) is 10.2 Å². The lowest BCUT2D eigenvalue weighted by Crippen LogP contribution is -2.16. The van der Waals surface area contributed by atoms with E-state index in [0.717, 1.165) is 42.5 Å². The quantitative estimate of drug-likeness (QED) is 0.180. The van der Waals surface area contributed by atoms with Crippen LogP contribution >= 0.6 is 34.4 Å². The molecule has 6 nitrogen and oxygen atoms in total. The van der Waals surface area contributed by atoms with Gasteiger partial charge in [-0.05, 0) is 69.2 Å². The van der Waals surface area contributed by atoms with Crippen LogP contribution in [0.4, 0.5) is 15.8 Å². The number of carbonyl (C=O) groups excluding carboxylic acids is 2. The second-order valence-corrected chi connectivity index (χ2v) is 12.5. The van der Waals surface area contributed by atoms with Crippen molar-refractivity contribution in [3.05, 3.63) is 80.7 Å². The summed E-state index contributed by atoms with van der Waals surface area (Å²) < 4.78 is 0.712. The van der Waals surface area contributed by atoms with Crippen molar-refractivity contribution in [2.45, 2.75) is 50.8 Å². The Hall–Kier alpha value is -3.01. The largest absolute Gasteiger partial charge is 0.330 e. The van der Waals surface area contributed by atoms with Gasteiger partial charge in [0.1, 0.15) is 5.00 Å². The molecule has 1 aliphatic rings. The maximum atomic E-state index is 13.5. The summed E-state index contributed by atoms with van der Waals surface area (Å²) in [4.78, 5) is 27.7. The van der Waals surface area contributed by atoms with Crippen LogP contribution in [0.15, 0.2) is 46.8 Å². The minimum atomic E-state index is -0.152. The number of aromatic nitrogens is 2. The van der Waals surface area contributed by atoms with Crippen LogP contribution in [0.5, 0.6) is 0 Å². The Morgan fingerprint density at radius 2 is 1.76 bits per heavy atom. The minimum Gasteiger partial charge on any atom is -0.330 e. The van der Waals surface area contributed by atoms with Gasteiger partial charge < -0.3 is 10.6 Å². The van der Waals surface area contributed by atoms with Crippen LogP contribution in [0.25, 0.3) is 0 Å². The highest BCUT2D eigenvalue weighted by atomic mass is 32.2. The number of aryl methyl sites for hydroxylation is 3. The van der Waals surface area contributed by atoms with Gasteiger partial charge in [0.15, 0.2) is 10.1 Å². The third-order valence-corrected chi connectivity index (χ3v) is 9.72. The molecule has 4 aromatic rings. The van der Waals surface area contributed by atoms with Gasteiger partial charge in [0.05, 0.1) is 11.3 Å². The van der Waals surface area contributed by atoms with Gasteiger partial charge >= 0.3 is 0 Å². The van der Waals surface area contributed by atoms with E-state index in [1.807, 2.05) is 43.3 Å². The molecule has 0 spiro atoms. The van der Waals surface area contributed by atoms with Gasteiger partial charge in [-0.15, -0.1) is 21.5 Å². The van der Waals surface area contributed by atoms with Crippen LogP contribution in [0, 0.1) is 20.8 Å². The molecule has 0 fully saturated rings. The second kappa shape index (κ2) is 11.2. The maximum Gasteiger partial charge on any atom is 0.235 e. The van der Waals surface area contributed by atoms with E-state index in [1.54, 1.807) is 11.3 Å². The van der Waals surface area contributed by atoms with Gasteiger partial charge in [0.25, 0.3) is 0 Å². The predicted molar refractivity (Wildman–Crippen MR) is 154 cm³/mol. The molecule has 0 radical (unpaired) electrons. The lowest BCUT2D eigenvalue weighted by Gasteiger charge is -2.13. The SMILES string of the molecule is Cc1ccc(C(=O)c2c(NC(=O)CSc3nnc(Nc4cccc(C)c4C)s3)sc3c2CCCC3)cc1. The predicted octanol–water partition coefficient (Wildman–Crippen LogP) is 7.11. The van der Waals surface area contributed by atoms with E-state index >= 15 is 0 Å². The molecule has 0 atom stereocenters. The van der Waals surface area contributed by atoms with Crippen molar-refractivity contribution >= 4 is 61.9 Å². The molecule has 0 aliphatic heterocycles. The highest BCUT2D eigenvalue weighted by molar-refractivity contribution is 8.01. The number of nitrogens with zero attached hydrogens (tertiary/aromatic N) is 2. The number of thioether (sulfide) groups is 1. The fraction of sp³-hybridized carbons (Fsp3) is 0.286. The lowest BCUT2D eigenvalue weighted by molar-refractivity contribution is -0.113. The van der Waals surface area contributed by atoms with Gasteiger partial charge in [-0.25, -0.2) is 0 Å². The molecule has 2 aromatic heterocycles. The van der Waals surface area contributed by atoms with Crippen LogP contribution in [0.3, 0.4) is 0 Å². The van der Waals surface area contributed by atoms with Crippen molar-refractivity contribution < 1.29 is 9.59 Å². The summed E-state index contributed by atoms with van der Waals surface area (Å²) in [7, 11) is 0. The fourth-order valence-corrected chi connectivity index (χ4v) is 7.22. The summed E-state index contributed by atoms with van der Waals surface area (Å²) >= 11 is 4.31. The standard InChI is InChI=1S/C28H28N4O2S3/c1-16-11-13-19(14-12-16)25(34)24-20-8-4-5-10-22(20)36-26(24)30-23(33)15-35-28-32-31-27(37-28)29-21-9-6-7-17(2)18(21)3/h6-7,9,11-14H,4-5,8,10,15H2,1-3H3,(H,29,31)(H,30,33). The lowest BCUT2D eigenvalue weighted by atomic mass is 9.91. The average molecular weight is 549 g/mol. The average Bonchev–Trinajstić information content (AvgIpc) is 3.49. The topological polar surface area (TPSA) is 84.0 Å². The molecule has 0 saturated heterocycles. The highest BCUT2D eigenvalue weighted by Gasteiger charge is 2.27. The molecule has 1 amide bonds. The third kappa shape index (κ3) is 5.79. The van der Waals surface area contributed by atoms with Crippen LogP contribution in [0.1, 0.15) is 55.9 Å². The minimum absolute atomic E-state index is 0.0198. The van der Waals surface area contributed by atoms with Crippen LogP contribution in [-0.2, 0) is 17.6 Å². The molecular formula is C28H28N4O2S3. The van der Waals surface area contributed by atoms with Crippen molar-refractivity contribution in [3.63, 3.8) is 0 Å². The molecule has 0 bridgehead atoms. The number of amides is 1. The zero-order valence-corrected chi connectivity index (χ0v) is 23.5. The number of fused-ring (bicyclic) bond motifs is 1. The molecule has 2 aromatic carbocycles. The molecule has 0 saturated carbocycles. The van der Waals surface area contributed by atoms with Crippen molar-refractivity contribution in [2.75, 3.05) is 16.4 Å². The Kier molecular flexibility index (Phi) is 7.73. The summed E-state index contributed by atoms with van der Waals surface area (Å²) in [6.45, 7) is 6.15. The normalized spacial score (nSPS) is 12.7. The van der Waals surface area contributed by atoms with Gasteiger partial charge in [-0.3, -0.25) is 9.59 Å². The van der Waals surface area contributed by atoms with E-state index in [2.05, 4.69) is 40.7 Å². The van der Waals surface area contributed by atoms with E-state index in [0.29, 0.717) is 25.6 Å². The molecule has 2 heterocycles. The fourth-order valence-electron chi connectivity index (χ4n) is 4.35. The zero-order valence-electron chi connectivity index (χ0n) is 21.0. The summed E-state index contributed by atoms with van der Waals surface area (Å²) in [6, 6.07) is 13.7. The molecule has 1 aliphatic carbocycles. The summed E-state index contributed by atoms with van der Waals surface area (Å²) in [5.74, 6) is 0.0215. The van der Waals surface area contributed by atoms with E-state index in [1.165, 1.54) is 39.1 Å². The molecule has 37 heavy (non-hydrogen) atoms. The van der Waals surface area contributed by atoms with Crippen molar-refractivity contribution in [2.24, 2.45) is 0 Å². The van der Waals surface area contributed by atoms with Gasteiger partial charge in [0, 0.05) is 16.1 Å². The molecule has 5 rings (SSSR count). The van der Waals surface area contributed by atoms with Crippen LogP contribution in [-0.4, -0.2) is 27.6 Å². The van der Waals surface area contributed by atoms with E-state index in [-0.39, 0.29) is 17.4 Å². The molecule has 9 heteroatoms. The van der Waals surface area contributed by atoms with E-state index < -0.39 is 0 Å². The van der Waals surface area contributed by atoms with E-state index in [4.69, 9.17) is 0 Å². The van der Waals surface area contributed by atoms with Crippen LogP contribution in [0.2, 0.25) is 0 Å². The molecule has 2 N–H and O–H groups in total. The van der Waals surface area contributed by atoms with E-state index in [9.17, 15) is 9.59 Å². The monoisotopic (exact) mass is 548 g/mol. The molecule has 190 valence electrons. The maximum absolute atomic E-state index is 13.5. The second-order valence-electron chi connectivity index (χ2n) is 9.19. The number of ketones is 1. The Morgan fingerprint density at radius 1 is 0.973 bits per heavy atom. The Labute approximate surface area is 228 Å². The Bertz CT molecular complexity index is 1460. The summed E-state index contributed by atoms with van der Waals surface area (Å²) in [5.41, 5.74) is 6.90. The van der Waals surface area contributed by atoms with Gasteiger partial charge in [0.2, 0.25) is 11.0 Å². The summed E-state index contributed by atoms with van der Waals surface area (Å²) in [5, 5.41) is 16.2. The smallest absolute Gasteiger partial charge is 0.235 e. The number of hydrogen-bond donors (Lipinski definition) is 2. The number of carbonyl (C=O) groups is 2. The van der Waals surface area contributed by atoms with Gasteiger partial charge in [-0.2, -0.15) is 0 Å². The Morgan fingerprint density at radius 3 is 2.57 bits per heavy atom.